The second-order valence-electron chi connectivity index (χ2n) is 5.07. The molecule has 0 aliphatic heterocycles. The fourth-order valence-electron chi connectivity index (χ4n) is 1.99. The van der Waals surface area contributed by atoms with E-state index in [1.165, 1.54) is 0 Å². The van der Waals surface area contributed by atoms with E-state index >= 15 is 0 Å². The summed E-state index contributed by atoms with van der Waals surface area (Å²) in [6.45, 7) is 9.67. The standard InChI is InChI=1S/C15H20ClN3O/c1-5-19(9-12-7-6-8-20-12)15-11(4)13(16)17-14(18-15)10(2)3/h6-8,10H,5,9H2,1-4H3. The molecule has 2 rings (SSSR count). The third-order valence-corrected chi connectivity index (χ3v) is 3.57. The van der Waals surface area contributed by atoms with Crippen LogP contribution >= 0.6 is 11.6 Å². The first kappa shape index (κ1) is 14.9. The van der Waals surface area contributed by atoms with Crippen LogP contribution in [0, 0.1) is 6.92 Å². The maximum Gasteiger partial charge on any atom is 0.137 e. The molecule has 0 bridgehead atoms. The predicted molar refractivity (Wildman–Crippen MR) is 81.3 cm³/mol. The number of hydrogen-bond donors (Lipinski definition) is 0. The summed E-state index contributed by atoms with van der Waals surface area (Å²) in [7, 11) is 0. The minimum atomic E-state index is 0.245. The van der Waals surface area contributed by atoms with Gasteiger partial charge in [0.1, 0.15) is 22.6 Å². The van der Waals surface area contributed by atoms with Crippen LogP contribution in [0.3, 0.4) is 0 Å². The molecule has 0 aliphatic rings. The highest BCUT2D eigenvalue weighted by atomic mass is 35.5. The Hall–Kier alpha value is -1.55. The third kappa shape index (κ3) is 3.12. The van der Waals surface area contributed by atoms with Gasteiger partial charge >= 0.3 is 0 Å². The Labute approximate surface area is 124 Å². The largest absolute Gasteiger partial charge is 0.467 e. The number of halogens is 1. The zero-order chi connectivity index (χ0) is 14.7. The van der Waals surface area contributed by atoms with Crippen LogP contribution in [0.2, 0.25) is 5.15 Å². The second-order valence-corrected chi connectivity index (χ2v) is 5.43. The number of hydrogen-bond acceptors (Lipinski definition) is 4. The van der Waals surface area contributed by atoms with E-state index in [2.05, 4.69) is 35.6 Å². The van der Waals surface area contributed by atoms with Gasteiger partial charge in [0.2, 0.25) is 0 Å². The van der Waals surface area contributed by atoms with E-state index in [1.54, 1.807) is 6.26 Å². The second kappa shape index (κ2) is 6.27. The Bertz CT molecular complexity index is 567. The molecule has 0 atom stereocenters. The summed E-state index contributed by atoms with van der Waals surface area (Å²) in [5.41, 5.74) is 0.907. The van der Waals surface area contributed by atoms with E-state index in [1.807, 2.05) is 19.1 Å². The van der Waals surface area contributed by atoms with Crippen LogP contribution in [-0.2, 0) is 6.54 Å². The van der Waals surface area contributed by atoms with Gasteiger partial charge in [-0.05, 0) is 26.0 Å². The van der Waals surface area contributed by atoms with Crippen molar-refractivity contribution in [3.8, 4) is 0 Å². The molecule has 2 aromatic heterocycles. The van der Waals surface area contributed by atoms with E-state index in [0.717, 1.165) is 29.5 Å². The lowest BCUT2D eigenvalue weighted by molar-refractivity contribution is 0.502. The molecule has 0 radical (unpaired) electrons. The third-order valence-electron chi connectivity index (χ3n) is 3.20. The zero-order valence-corrected chi connectivity index (χ0v) is 13.1. The van der Waals surface area contributed by atoms with Gasteiger partial charge in [-0.3, -0.25) is 0 Å². The Morgan fingerprint density at radius 1 is 1.35 bits per heavy atom. The summed E-state index contributed by atoms with van der Waals surface area (Å²) in [5, 5.41) is 0.525. The van der Waals surface area contributed by atoms with E-state index < -0.39 is 0 Å². The Kier molecular flexibility index (Phi) is 4.65. The monoisotopic (exact) mass is 293 g/mol. The van der Waals surface area contributed by atoms with Gasteiger partial charge in [-0.2, -0.15) is 0 Å². The van der Waals surface area contributed by atoms with Gasteiger partial charge < -0.3 is 9.32 Å². The zero-order valence-electron chi connectivity index (χ0n) is 12.4. The van der Waals surface area contributed by atoms with Gasteiger partial charge in [-0.1, -0.05) is 25.4 Å². The summed E-state index contributed by atoms with van der Waals surface area (Å²) < 4.78 is 5.42. The topological polar surface area (TPSA) is 42.2 Å². The van der Waals surface area contributed by atoms with Crippen molar-refractivity contribution in [1.82, 2.24) is 9.97 Å². The van der Waals surface area contributed by atoms with Crippen molar-refractivity contribution in [2.24, 2.45) is 0 Å². The lowest BCUT2D eigenvalue weighted by Gasteiger charge is -2.24. The van der Waals surface area contributed by atoms with Crippen molar-refractivity contribution < 1.29 is 4.42 Å². The number of anilines is 1. The molecule has 0 spiro atoms. The average molecular weight is 294 g/mol. The quantitative estimate of drug-likeness (QED) is 0.776. The summed E-state index contributed by atoms with van der Waals surface area (Å²) in [6.07, 6.45) is 1.68. The molecule has 20 heavy (non-hydrogen) atoms. The normalized spacial score (nSPS) is 11.1. The maximum atomic E-state index is 6.24. The molecule has 0 aliphatic carbocycles. The molecule has 2 heterocycles. The fourth-order valence-corrected chi connectivity index (χ4v) is 2.16. The van der Waals surface area contributed by atoms with Crippen molar-refractivity contribution in [2.45, 2.75) is 40.2 Å². The summed E-state index contributed by atoms with van der Waals surface area (Å²) >= 11 is 6.24. The minimum absolute atomic E-state index is 0.245. The molecule has 0 amide bonds. The van der Waals surface area contributed by atoms with Crippen LogP contribution in [-0.4, -0.2) is 16.5 Å². The van der Waals surface area contributed by atoms with Gasteiger partial charge in [0.15, 0.2) is 0 Å². The highest BCUT2D eigenvalue weighted by molar-refractivity contribution is 6.30. The van der Waals surface area contributed by atoms with Crippen LogP contribution in [0.25, 0.3) is 0 Å². The highest BCUT2D eigenvalue weighted by Gasteiger charge is 2.17. The van der Waals surface area contributed by atoms with E-state index in [9.17, 15) is 0 Å². The lowest BCUT2D eigenvalue weighted by atomic mass is 10.2. The van der Waals surface area contributed by atoms with Crippen LogP contribution in [0.15, 0.2) is 22.8 Å². The Morgan fingerprint density at radius 2 is 2.10 bits per heavy atom. The summed E-state index contributed by atoms with van der Waals surface area (Å²) in [4.78, 5) is 11.2. The van der Waals surface area contributed by atoms with E-state index in [4.69, 9.17) is 16.0 Å². The smallest absolute Gasteiger partial charge is 0.137 e. The van der Waals surface area contributed by atoms with Gasteiger partial charge in [-0.15, -0.1) is 0 Å². The predicted octanol–water partition coefficient (Wildman–Crippen LogP) is 4.18. The molecule has 0 unspecified atom stereocenters. The van der Waals surface area contributed by atoms with Crippen LogP contribution in [0.4, 0.5) is 5.82 Å². The molecule has 0 fully saturated rings. The molecule has 0 saturated heterocycles. The Balaban J connectivity index is 2.37. The van der Waals surface area contributed by atoms with Gasteiger partial charge in [0.05, 0.1) is 12.8 Å². The summed E-state index contributed by atoms with van der Waals surface area (Å²) in [5.74, 6) is 2.81. The first-order chi connectivity index (χ1) is 9.52. The van der Waals surface area contributed by atoms with E-state index in [0.29, 0.717) is 11.7 Å². The number of furan rings is 1. The van der Waals surface area contributed by atoms with Gasteiger partial charge in [0.25, 0.3) is 0 Å². The van der Waals surface area contributed by atoms with Crippen molar-refractivity contribution in [2.75, 3.05) is 11.4 Å². The highest BCUT2D eigenvalue weighted by Crippen LogP contribution is 2.26. The van der Waals surface area contributed by atoms with Crippen molar-refractivity contribution in [1.29, 1.82) is 0 Å². The molecule has 5 heteroatoms. The van der Waals surface area contributed by atoms with E-state index in [-0.39, 0.29) is 5.92 Å². The number of aromatic nitrogens is 2. The molecule has 108 valence electrons. The number of rotatable bonds is 5. The van der Waals surface area contributed by atoms with Crippen LogP contribution < -0.4 is 4.90 Å². The maximum absolute atomic E-state index is 6.24. The number of nitrogens with zero attached hydrogens (tertiary/aromatic N) is 3. The fraction of sp³-hybridized carbons (Fsp3) is 0.467. The molecule has 0 aromatic carbocycles. The first-order valence-corrected chi connectivity index (χ1v) is 7.22. The van der Waals surface area contributed by atoms with Gasteiger partial charge in [0, 0.05) is 18.0 Å². The molecule has 0 N–H and O–H groups in total. The minimum Gasteiger partial charge on any atom is -0.467 e. The average Bonchev–Trinajstić information content (AvgIpc) is 2.92. The van der Waals surface area contributed by atoms with Crippen molar-refractivity contribution in [3.63, 3.8) is 0 Å². The Morgan fingerprint density at radius 3 is 2.65 bits per heavy atom. The first-order valence-electron chi connectivity index (χ1n) is 6.84. The van der Waals surface area contributed by atoms with Crippen molar-refractivity contribution >= 4 is 17.4 Å². The molecule has 0 saturated carbocycles. The van der Waals surface area contributed by atoms with Crippen LogP contribution in [0.1, 0.15) is 43.8 Å². The molecule has 2 aromatic rings. The van der Waals surface area contributed by atoms with Gasteiger partial charge in [-0.25, -0.2) is 9.97 Å². The molecular formula is C15H20ClN3O. The lowest BCUT2D eigenvalue weighted by Crippen LogP contribution is -2.25. The van der Waals surface area contributed by atoms with Crippen molar-refractivity contribution in [3.05, 3.63) is 40.7 Å². The van der Waals surface area contributed by atoms with Crippen LogP contribution in [0.5, 0.6) is 0 Å². The SMILES string of the molecule is CCN(Cc1ccco1)c1nc(C(C)C)nc(Cl)c1C. The summed E-state index contributed by atoms with van der Waals surface area (Å²) in [6, 6.07) is 3.85. The molecule has 4 nitrogen and oxygen atoms in total. The molecular weight excluding hydrogens is 274 g/mol.